The number of fused-ring (bicyclic) bond motifs is 1. The van der Waals surface area contributed by atoms with E-state index in [1.165, 1.54) is 0 Å². The van der Waals surface area contributed by atoms with Gasteiger partial charge in [-0.05, 0) is 49.2 Å². The number of anilines is 1. The van der Waals surface area contributed by atoms with Crippen molar-refractivity contribution in [2.24, 2.45) is 12.8 Å². The Morgan fingerprint density at radius 3 is 2.34 bits per heavy atom. The molecule has 38 heavy (non-hydrogen) atoms. The van der Waals surface area contributed by atoms with E-state index in [1.54, 1.807) is 17.9 Å². The third-order valence-electron chi connectivity index (χ3n) is 6.28. The molecular formula is C29H32ClN5O3. The van der Waals surface area contributed by atoms with E-state index in [9.17, 15) is 9.59 Å². The van der Waals surface area contributed by atoms with Gasteiger partial charge in [0.1, 0.15) is 11.7 Å². The molecule has 0 unspecified atom stereocenters. The van der Waals surface area contributed by atoms with Crippen LogP contribution in [0, 0.1) is 5.41 Å². The van der Waals surface area contributed by atoms with Crippen LogP contribution in [0.4, 0.5) is 5.69 Å². The molecule has 3 aromatic carbocycles. The minimum absolute atomic E-state index is 0. The minimum Gasteiger partial charge on any atom is -0.466 e. The Balaban J connectivity index is 0.00000400. The van der Waals surface area contributed by atoms with Crippen molar-refractivity contribution < 1.29 is 14.3 Å². The summed E-state index contributed by atoms with van der Waals surface area (Å²) in [6, 6.07) is 22.5. The minimum atomic E-state index is -0.336. The highest BCUT2D eigenvalue weighted by molar-refractivity contribution is 6.07. The maximum atomic E-state index is 13.6. The zero-order valence-electron chi connectivity index (χ0n) is 21.5. The number of nitrogens with one attached hydrogen (secondary N) is 1. The number of nitrogens with zero attached hydrogens (tertiary/aromatic N) is 3. The van der Waals surface area contributed by atoms with Crippen LogP contribution in [0.25, 0.3) is 11.0 Å². The Hall–Kier alpha value is -4.17. The number of aryl methyl sites for hydroxylation is 3. The van der Waals surface area contributed by atoms with E-state index in [2.05, 4.69) is 0 Å². The van der Waals surface area contributed by atoms with Crippen LogP contribution in [-0.2, 0) is 29.4 Å². The Morgan fingerprint density at radius 2 is 1.68 bits per heavy atom. The van der Waals surface area contributed by atoms with Crippen LogP contribution < -0.4 is 10.6 Å². The zero-order valence-corrected chi connectivity index (χ0v) is 22.3. The monoisotopic (exact) mass is 533 g/mol. The number of hydrogen-bond donors (Lipinski definition) is 2. The molecule has 0 spiro atoms. The lowest BCUT2D eigenvalue weighted by atomic mass is 10.1. The van der Waals surface area contributed by atoms with E-state index in [1.807, 2.05) is 78.3 Å². The number of imidazole rings is 1. The number of hydrogen-bond acceptors (Lipinski definition) is 5. The molecule has 4 aromatic rings. The Morgan fingerprint density at radius 1 is 1.00 bits per heavy atom. The van der Waals surface area contributed by atoms with Crippen LogP contribution >= 0.6 is 12.4 Å². The molecule has 0 saturated carbocycles. The second kappa shape index (κ2) is 12.9. The summed E-state index contributed by atoms with van der Waals surface area (Å²) in [6.45, 7) is 2.29. The molecule has 1 amide bonds. The smallest absolute Gasteiger partial charge is 0.307 e. The van der Waals surface area contributed by atoms with Crippen LogP contribution in [0.15, 0.2) is 72.8 Å². The van der Waals surface area contributed by atoms with Gasteiger partial charge in [0, 0.05) is 36.8 Å². The van der Waals surface area contributed by atoms with Crippen molar-refractivity contribution in [2.45, 2.75) is 26.2 Å². The number of ether oxygens (including phenoxy) is 1. The second-order valence-corrected chi connectivity index (χ2v) is 8.75. The number of halogens is 1. The molecule has 0 aliphatic rings. The first-order valence-corrected chi connectivity index (χ1v) is 12.3. The number of carbonyl (C=O) groups excluding carboxylic acids is 2. The van der Waals surface area contributed by atoms with Crippen molar-refractivity contribution in [1.82, 2.24) is 9.55 Å². The summed E-state index contributed by atoms with van der Waals surface area (Å²) in [5, 5.41) is 7.53. The van der Waals surface area contributed by atoms with Gasteiger partial charge < -0.3 is 19.9 Å². The molecule has 0 fully saturated rings. The van der Waals surface area contributed by atoms with Gasteiger partial charge in [0.2, 0.25) is 0 Å². The Labute approximate surface area is 228 Å². The quantitative estimate of drug-likeness (QED) is 0.175. The van der Waals surface area contributed by atoms with Gasteiger partial charge in [0.05, 0.1) is 24.1 Å². The fraction of sp³-hybridized carbons (Fsp3) is 0.241. The molecule has 0 bridgehead atoms. The zero-order chi connectivity index (χ0) is 26.4. The molecule has 198 valence electrons. The highest BCUT2D eigenvalue weighted by Crippen LogP contribution is 2.22. The topological polar surface area (TPSA) is 114 Å². The normalized spacial score (nSPS) is 10.6. The van der Waals surface area contributed by atoms with Gasteiger partial charge in [-0.2, -0.15) is 0 Å². The van der Waals surface area contributed by atoms with Crippen LogP contribution in [-0.4, -0.2) is 40.4 Å². The third kappa shape index (κ3) is 6.58. The predicted octanol–water partition coefficient (Wildman–Crippen LogP) is 4.66. The molecule has 0 atom stereocenters. The highest BCUT2D eigenvalue weighted by atomic mass is 35.5. The average Bonchev–Trinajstić information content (AvgIpc) is 3.23. The van der Waals surface area contributed by atoms with Crippen LogP contribution in [0.1, 0.15) is 40.7 Å². The van der Waals surface area contributed by atoms with E-state index in [4.69, 9.17) is 20.9 Å². The van der Waals surface area contributed by atoms with E-state index >= 15 is 0 Å². The number of nitrogen functional groups attached to an aromatic ring is 1. The number of benzene rings is 3. The molecule has 0 radical (unpaired) electrons. The number of aromatic nitrogens is 2. The van der Waals surface area contributed by atoms with Gasteiger partial charge in [-0.25, -0.2) is 4.98 Å². The fourth-order valence-electron chi connectivity index (χ4n) is 4.26. The molecule has 1 heterocycles. The van der Waals surface area contributed by atoms with Crippen LogP contribution in [0.3, 0.4) is 0 Å². The summed E-state index contributed by atoms with van der Waals surface area (Å²) in [7, 11) is 1.97. The standard InChI is InChI=1S/C29H31N5O3.ClH/c1-3-37-27(35)17-18-34(23-7-5-4-6-8-23)29(36)22-14-15-25-24(19-22)32-26(33(25)2)16-11-20-9-12-21(13-10-20)28(30)31;/h4-10,12-15,19H,3,11,16-18H2,1-2H3,(H3,30,31);1H. The first-order chi connectivity index (χ1) is 17.9. The SMILES string of the molecule is CCOC(=O)CCN(C(=O)c1ccc2c(c1)nc(CCc1ccc(C(=N)N)cc1)n2C)c1ccccc1.Cl. The number of amides is 1. The van der Waals surface area contributed by atoms with Gasteiger partial charge in [0.15, 0.2) is 0 Å². The van der Waals surface area contributed by atoms with Gasteiger partial charge in [-0.15, -0.1) is 12.4 Å². The maximum absolute atomic E-state index is 13.6. The van der Waals surface area contributed by atoms with E-state index in [0.717, 1.165) is 41.0 Å². The van der Waals surface area contributed by atoms with E-state index in [0.29, 0.717) is 17.7 Å². The van der Waals surface area contributed by atoms with Gasteiger partial charge in [-0.1, -0.05) is 42.5 Å². The van der Waals surface area contributed by atoms with Crippen LogP contribution in [0.2, 0.25) is 0 Å². The molecule has 0 saturated heterocycles. The molecule has 4 rings (SSSR count). The van der Waals surface area contributed by atoms with Crippen molar-refractivity contribution in [3.05, 3.63) is 95.3 Å². The largest absolute Gasteiger partial charge is 0.466 e. The summed E-state index contributed by atoms with van der Waals surface area (Å²) < 4.78 is 7.10. The number of esters is 1. The van der Waals surface area contributed by atoms with Gasteiger partial charge >= 0.3 is 5.97 Å². The molecular weight excluding hydrogens is 502 g/mol. The number of carbonyl (C=O) groups is 2. The molecule has 8 nitrogen and oxygen atoms in total. The molecule has 1 aromatic heterocycles. The lowest BCUT2D eigenvalue weighted by Gasteiger charge is -2.22. The Bertz CT molecular complexity index is 1420. The summed E-state index contributed by atoms with van der Waals surface area (Å²) in [4.78, 5) is 31.9. The first-order valence-electron chi connectivity index (χ1n) is 12.3. The summed E-state index contributed by atoms with van der Waals surface area (Å²) in [5.41, 5.74) is 10.3. The fourth-order valence-corrected chi connectivity index (χ4v) is 4.26. The summed E-state index contributed by atoms with van der Waals surface area (Å²) in [5.74, 6) is 0.434. The molecule has 0 aliphatic heterocycles. The second-order valence-electron chi connectivity index (χ2n) is 8.75. The van der Waals surface area contributed by atoms with Crippen molar-refractivity contribution >= 4 is 46.8 Å². The lowest BCUT2D eigenvalue weighted by Crippen LogP contribution is -2.33. The van der Waals surface area contributed by atoms with Gasteiger partial charge in [0.25, 0.3) is 5.91 Å². The lowest BCUT2D eigenvalue weighted by molar-refractivity contribution is -0.142. The van der Waals surface area contributed by atoms with Crippen LogP contribution in [0.5, 0.6) is 0 Å². The maximum Gasteiger partial charge on any atom is 0.307 e. The van der Waals surface area contributed by atoms with Crippen molar-refractivity contribution in [3.8, 4) is 0 Å². The third-order valence-corrected chi connectivity index (χ3v) is 6.28. The molecule has 3 N–H and O–H groups in total. The highest BCUT2D eigenvalue weighted by Gasteiger charge is 2.20. The number of amidine groups is 1. The average molecular weight is 534 g/mol. The van der Waals surface area contributed by atoms with E-state index in [-0.39, 0.29) is 43.1 Å². The summed E-state index contributed by atoms with van der Waals surface area (Å²) in [6.07, 6.45) is 1.62. The summed E-state index contributed by atoms with van der Waals surface area (Å²) >= 11 is 0. The number of rotatable bonds is 10. The van der Waals surface area contributed by atoms with Crippen molar-refractivity contribution in [1.29, 1.82) is 5.41 Å². The first kappa shape index (κ1) is 28.4. The molecule has 9 heteroatoms. The number of para-hydroxylation sites is 1. The predicted molar refractivity (Wildman–Crippen MR) is 152 cm³/mol. The van der Waals surface area contributed by atoms with Crippen molar-refractivity contribution in [2.75, 3.05) is 18.1 Å². The number of nitrogens with two attached hydrogens (primary N) is 1. The Kier molecular flexibility index (Phi) is 9.62. The van der Waals surface area contributed by atoms with Crippen molar-refractivity contribution in [3.63, 3.8) is 0 Å². The molecule has 0 aliphatic carbocycles. The van der Waals surface area contributed by atoms with E-state index < -0.39 is 0 Å². The van der Waals surface area contributed by atoms with Gasteiger partial charge in [-0.3, -0.25) is 15.0 Å².